The largest absolute Gasteiger partial charge is 0.396 e. The first-order valence-electron chi connectivity index (χ1n) is 13.2. The Morgan fingerprint density at radius 3 is 2.69 bits per heavy atom. The van der Waals surface area contributed by atoms with Crippen molar-refractivity contribution in [2.75, 3.05) is 23.0 Å². The number of allylic oxidation sites excluding steroid dienone is 1. The van der Waals surface area contributed by atoms with Crippen molar-refractivity contribution in [3.63, 3.8) is 0 Å². The second-order valence-electron chi connectivity index (χ2n) is 10.1. The van der Waals surface area contributed by atoms with E-state index in [-0.39, 0.29) is 18.4 Å². The van der Waals surface area contributed by atoms with Crippen LogP contribution in [0, 0.1) is 5.92 Å². The predicted octanol–water partition coefficient (Wildman–Crippen LogP) is 3.72. The number of amides is 2. The van der Waals surface area contributed by atoms with Crippen molar-refractivity contribution in [3.8, 4) is 0 Å². The molecule has 9 nitrogen and oxygen atoms in total. The van der Waals surface area contributed by atoms with E-state index in [1.165, 1.54) is 0 Å². The molecule has 0 spiro atoms. The molecule has 204 valence electrons. The predicted molar refractivity (Wildman–Crippen MR) is 151 cm³/mol. The maximum absolute atomic E-state index is 13.8. The number of aromatic nitrogens is 3. The zero-order valence-electron chi connectivity index (χ0n) is 21.8. The first-order chi connectivity index (χ1) is 18.8. The van der Waals surface area contributed by atoms with Crippen LogP contribution in [0.15, 0.2) is 65.3 Å². The Bertz CT molecular complexity index is 1390. The normalized spacial score (nSPS) is 19.9. The molecule has 10 heteroatoms. The standard InChI is InChI=1S/C29H32BrN5O4/c1-20(5-2-3-14-33-19-23(13-16-36)31-32-33)29(39)25-17-22(30)9-12-26(25)35(28(29)38)18-21-7-10-24(11-8-21)34-15-4-6-27(34)37/h2,5,7-12,17,19-20,36,39H,3-4,6,13-16,18H2,1H3/b5-2+/t20-,29+/m1/s1. The van der Waals surface area contributed by atoms with Gasteiger partial charge in [-0.05, 0) is 48.7 Å². The number of carbonyl (C=O) groups is 2. The molecule has 5 rings (SSSR count). The first-order valence-corrected chi connectivity index (χ1v) is 14.0. The van der Waals surface area contributed by atoms with E-state index in [0.29, 0.717) is 43.6 Å². The lowest BCUT2D eigenvalue weighted by atomic mass is 9.83. The molecule has 0 aliphatic carbocycles. The van der Waals surface area contributed by atoms with Crippen LogP contribution in [-0.2, 0) is 34.7 Å². The Kier molecular flexibility index (Phi) is 7.97. The van der Waals surface area contributed by atoms with E-state index in [0.717, 1.165) is 34.4 Å². The van der Waals surface area contributed by atoms with Gasteiger partial charge >= 0.3 is 0 Å². The van der Waals surface area contributed by atoms with Crippen LogP contribution < -0.4 is 9.80 Å². The fourth-order valence-electron chi connectivity index (χ4n) is 5.28. The van der Waals surface area contributed by atoms with Crippen LogP contribution in [0.2, 0.25) is 0 Å². The molecule has 0 bridgehead atoms. The van der Waals surface area contributed by atoms with Crippen LogP contribution in [0.25, 0.3) is 0 Å². The molecule has 0 unspecified atom stereocenters. The number of hydrogen-bond acceptors (Lipinski definition) is 6. The Balaban J connectivity index is 1.31. The number of fused-ring (bicyclic) bond motifs is 1. The van der Waals surface area contributed by atoms with Gasteiger partial charge in [0.1, 0.15) is 0 Å². The van der Waals surface area contributed by atoms with Crippen LogP contribution in [0.1, 0.15) is 43.0 Å². The van der Waals surface area contributed by atoms with Crippen LogP contribution in [-0.4, -0.2) is 50.2 Å². The summed E-state index contributed by atoms with van der Waals surface area (Å²) in [6.07, 6.45) is 8.19. The molecule has 0 saturated carbocycles. The highest BCUT2D eigenvalue weighted by molar-refractivity contribution is 9.10. The molecule has 2 amide bonds. The van der Waals surface area contributed by atoms with E-state index >= 15 is 0 Å². The molecule has 2 aromatic carbocycles. The zero-order valence-corrected chi connectivity index (χ0v) is 23.4. The molecule has 2 aliphatic heterocycles. The summed E-state index contributed by atoms with van der Waals surface area (Å²) in [6, 6.07) is 13.3. The van der Waals surface area contributed by atoms with Crippen molar-refractivity contribution in [1.29, 1.82) is 0 Å². The zero-order chi connectivity index (χ0) is 27.6. The number of aliphatic hydroxyl groups excluding tert-OH is 1. The van der Waals surface area contributed by atoms with E-state index in [1.807, 2.05) is 67.7 Å². The van der Waals surface area contributed by atoms with Crippen molar-refractivity contribution in [2.24, 2.45) is 5.92 Å². The van der Waals surface area contributed by atoms with E-state index in [1.54, 1.807) is 14.5 Å². The number of benzene rings is 2. The van der Waals surface area contributed by atoms with Crippen molar-refractivity contribution < 1.29 is 19.8 Å². The van der Waals surface area contributed by atoms with Gasteiger partial charge in [-0.2, -0.15) is 0 Å². The van der Waals surface area contributed by atoms with Gasteiger partial charge in [-0.1, -0.05) is 52.4 Å². The van der Waals surface area contributed by atoms with E-state index in [4.69, 9.17) is 5.11 Å². The fraction of sp³-hybridized carbons (Fsp3) is 0.379. The third kappa shape index (κ3) is 5.41. The molecule has 1 aromatic heterocycles. The lowest BCUT2D eigenvalue weighted by molar-refractivity contribution is -0.139. The topological polar surface area (TPSA) is 112 Å². The van der Waals surface area contributed by atoms with Crippen LogP contribution in [0.4, 0.5) is 11.4 Å². The average Bonchev–Trinajstić information content (AvgIpc) is 3.62. The Morgan fingerprint density at radius 2 is 1.97 bits per heavy atom. The molecule has 39 heavy (non-hydrogen) atoms. The number of nitrogens with zero attached hydrogens (tertiary/aromatic N) is 5. The molecule has 2 aliphatic rings. The number of halogens is 1. The summed E-state index contributed by atoms with van der Waals surface area (Å²) in [7, 11) is 0. The fourth-order valence-corrected chi connectivity index (χ4v) is 5.65. The van der Waals surface area contributed by atoms with Crippen molar-refractivity contribution >= 4 is 39.1 Å². The van der Waals surface area contributed by atoms with Gasteiger partial charge in [0.15, 0.2) is 5.60 Å². The van der Waals surface area contributed by atoms with Gasteiger partial charge < -0.3 is 20.0 Å². The number of hydrogen-bond donors (Lipinski definition) is 2. The summed E-state index contributed by atoms with van der Waals surface area (Å²) < 4.78 is 2.50. The van der Waals surface area contributed by atoms with Crippen molar-refractivity contribution in [1.82, 2.24) is 15.0 Å². The minimum atomic E-state index is -1.71. The molecular weight excluding hydrogens is 562 g/mol. The van der Waals surface area contributed by atoms with Crippen molar-refractivity contribution in [3.05, 3.63) is 82.1 Å². The summed E-state index contributed by atoms with van der Waals surface area (Å²) in [5, 5.41) is 29.0. The highest BCUT2D eigenvalue weighted by Crippen LogP contribution is 2.46. The smallest absolute Gasteiger partial charge is 0.264 e. The number of aliphatic hydroxyl groups is 2. The van der Waals surface area contributed by atoms with Crippen LogP contribution in [0.5, 0.6) is 0 Å². The quantitative estimate of drug-likeness (QED) is 0.346. The van der Waals surface area contributed by atoms with E-state index in [9.17, 15) is 14.7 Å². The highest BCUT2D eigenvalue weighted by Gasteiger charge is 2.52. The number of rotatable bonds is 10. The summed E-state index contributed by atoms with van der Waals surface area (Å²) in [5.41, 5.74) is 2.06. The summed E-state index contributed by atoms with van der Waals surface area (Å²) >= 11 is 3.50. The van der Waals surface area contributed by atoms with E-state index < -0.39 is 11.5 Å². The third-order valence-electron chi connectivity index (χ3n) is 7.46. The third-order valence-corrected chi connectivity index (χ3v) is 7.95. The van der Waals surface area contributed by atoms with Crippen molar-refractivity contribution in [2.45, 2.75) is 51.3 Å². The second-order valence-corrected chi connectivity index (χ2v) is 11.0. The number of carbonyl (C=O) groups excluding carboxylic acids is 2. The van der Waals surface area contributed by atoms with Gasteiger partial charge in [0.2, 0.25) is 5.91 Å². The second kappa shape index (κ2) is 11.4. The highest BCUT2D eigenvalue weighted by atomic mass is 79.9. The Morgan fingerprint density at radius 1 is 1.18 bits per heavy atom. The lowest BCUT2D eigenvalue weighted by Gasteiger charge is -2.28. The van der Waals surface area contributed by atoms with Crippen LogP contribution in [0.3, 0.4) is 0 Å². The van der Waals surface area contributed by atoms with Gasteiger partial charge in [0.25, 0.3) is 5.91 Å². The van der Waals surface area contributed by atoms with Gasteiger partial charge in [-0.25, -0.2) is 0 Å². The molecule has 2 N–H and O–H groups in total. The SMILES string of the molecule is C[C@H](/C=C/CCn1cc(CCO)nn1)[C@@]1(O)C(=O)N(Cc2ccc(N3CCCC3=O)cc2)c2ccc(Br)cc21. The monoisotopic (exact) mass is 593 g/mol. The number of anilines is 2. The molecule has 1 fully saturated rings. The van der Waals surface area contributed by atoms with Crippen LogP contribution >= 0.6 is 15.9 Å². The Labute approximate surface area is 235 Å². The molecule has 0 radical (unpaired) electrons. The summed E-state index contributed by atoms with van der Waals surface area (Å²) in [4.78, 5) is 29.3. The minimum absolute atomic E-state index is 0.0300. The molecule has 1 saturated heterocycles. The maximum Gasteiger partial charge on any atom is 0.264 e. The summed E-state index contributed by atoms with van der Waals surface area (Å²) in [5.74, 6) is -0.708. The van der Waals surface area contributed by atoms with Gasteiger partial charge in [-0.3, -0.25) is 14.3 Å². The number of aryl methyl sites for hydroxylation is 1. The minimum Gasteiger partial charge on any atom is -0.396 e. The maximum atomic E-state index is 13.8. The molecule has 3 heterocycles. The molecular formula is C29H32BrN5O4. The average molecular weight is 595 g/mol. The summed E-state index contributed by atoms with van der Waals surface area (Å²) in [6.45, 7) is 3.51. The van der Waals surface area contributed by atoms with Gasteiger partial charge in [0, 0.05) is 60.4 Å². The molecule has 3 aromatic rings. The molecule has 2 atom stereocenters. The van der Waals surface area contributed by atoms with E-state index in [2.05, 4.69) is 26.2 Å². The Hall–Kier alpha value is -3.34. The van der Waals surface area contributed by atoms with Gasteiger partial charge in [0.05, 0.1) is 17.9 Å². The van der Waals surface area contributed by atoms with Gasteiger partial charge in [-0.15, -0.1) is 5.10 Å². The first kappa shape index (κ1) is 27.2. The lowest BCUT2D eigenvalue weighted by Crippen LogP contribution is -2.44.